The molecule has 5 nitrogen and oxygen atoms in total. The van der Waals surface area contributed by atoms with E-state index in [2.05, 4.69) is 26.0 Å². The minimum absolute atomic E-state index is 0.0973. The van der Waals surface area contributed by atoms with E-state index in [0.717, 1.165) is 11.4 Å². The number of benzene rings is 1. The Morgan fingerprint density at radius 1 is 1.21 bits per heavy atom. The molecule has 1 aromatic carbocycles. The number of halogens is 1. The molecule has 29 heavy (non-hydrogen) atoms. The third kappa shape index (κ3) is 5.25. The summed E-state index contributed by atoms with van der Waals surface area (Å²) in [5, 5.41) is 10.6. The summed E-state index contributed by atoms with van der Waals surface area (Å²) in [6, 6.07) is 7.25. The second-order valence-corrected chi connectivity index (χ2v) is 10.6. The van der Waals surface area contributed by atoms with Crippen LogP contribution in [-0.4, -0.2) is 51.6 Å². The summed E-state index contributed by atoms with van der Waals surface area (Å²) in [6.45, 7) is 14.9. The smallest absolute Gasteiger partial charge is 0.408 e. The van der Waals surface area contributed by atoms with Crippen molar-refractivity contribution in [2.24, 2.45) is 11.3 Å². The maximum Gasteiger partial charge on any atom is 0.408 e. The van der Waals surface area contributed by atoms with E-state index in [1.54, 1.807) is 0 Å². The zero-order valence-electron chi connectivity index (χ0n) is 18.7. The first-order chi connectivity index (χ1) is 13.3. The summed E-state index contributed by atoms with van der Waals surface area (Å²) in [4.78, 5) is 28.7. The first-order valence-corrected chi connectivity index (χ1v) is 10.7. The van der Waals surface area contributed by atoms with Gasteiger partial charge in [0.05, 0.1) is 0 Å². The summed E-state index contributed by atoms with van der Waals surface area (Å²) >= 11 is 6.04. The van der Waals surface area contributed by atoms with Gasteiger partial charge in [-0.25, -0.2) is 4.79 Å². The average molecular weight is 423 g/mol. The van der Waals surface area contributed by atoms with Crippen molar-refractivity contribution in [2.75, 3.05) is 13.1 Å². The van der Waals surface area contributed by atoms with Gasteiger partial charge in [0.25, 0.3) is 0 Å². The summed E-state index contributed by atoms with van der Waals surface area (Å²) in [7, 11) is 0. The van der Waals surface area contributed by atoms with E-state index in [1.165, 1.54) is 10.5 Å². The Balaban J connectivity index is 2.27. The van der Waals surface area contributed by atoms with Crippen LogP contribution in [0.2, 0.25) is 5.02 Å². The maximum atomic E-state index is 13.5. The summed E-state index contributed by atoms with van der Waals surface area (Å²) < 4.78 is 0. The predicted molar refractivity (Wildman–Crippen MR) is 117 cm³/mol. The van der Waals surface area contributed by atoms with Crippen LogP contribution in [0.1, 0.15) is 66.4 Å². The Labute approximate surface area is 180 Å². The topological polar surface area (TPSA) is 60.9 Å². The Bertz CT molecular complexity index is 737. The first-order valence-electron chi connectivity index (χ1n) is 10.3. The van der Waals surface area contributed by atoms with Crippen molar-refractivity contribution in [3.63, 3.8) is 0 Å². The van der Waals surface area contributed by atoms with Crippen LogP contribution in [0.5, 0.6) is 0 Å². The molecule has 1 saturated heterocycles. The molecule has 0 aliphatic carbocycles. The Kier molecular flexibility index (Phi) is 6.93. The molecule has 1 N–H and O–H groups in total. The van der Waals surface area contributed by atoms with E-state index in [0.29, 0.717) is 19.0 Å². The van der Waals surface area contributed by atoms with Gasteiger partial charge in [-0.05, 0) is 62.1 Å². The maximum absolute atomic E-state index is 13.5. The number of carbonyl (C=O) groups excluding carboxylic acids is 1. The molecule has 0 saturated carbocycles. The summed E-state index contributed by atoms with van der Waals surface area (Å²) in [6.07, 6.45) is -0.215. The van der Waals surface area contributed by atoms with Gasteiger partial charge in [-0.1, -0.05) is 51.4 Å². The molecule has 162 valence electrons. The molecule has 1 unspecified atom stereocenters. The lowest BCUT2D eigenvalue weighted by atomic mass is 9.70. The van der Waals surface area contributed by atoms with E-state index in [1.807, 2.05) is 51.7 Å². The molecule has 1 aliphatic rings. The largest absolute Gasteiger partial charge is 0.465 e. The third-order valence-electron chi connectivity index (χ3n) is 5.90. The number of piperidine rings is 1. The van der Waals surface area contributed by atoms with Gasteiger partial charge >= 0.3 is 6.09 Å². The zero-order valence-corrected chi connectivity index (χ0v) is 19.5. The van der Waals surface area contributed by atoms with Crippen molar-refractivity contribution in [2.45, 2.75) is 72.4 Å². The highest BCUT2D eigenvalue weighted by molar-refractivity contribution is 6.30. The molecule has 0 bridgehead atoms. The van der Waals surface area contributed by atoms with Crippen LogP contribution < -0.4 is 0 Å². The standard InChI is InChI=1S/C23H35ClN2O3/c1-15(2)19(26(21(28)29)22(3,4)5)20(27)25-13-12-18(23(6,7)14-25)16-8-10-17(24)11-9-16/h8-11,15,18-19H,12-14H2,1-7H3,(H,28,29)/t18?,19-/m1/s1. The van der Waals surface area contributed by atoms with Crippen LogP contribution in [0, 0.1) is 11.3 Å². The number of hydrogen-bond donors (Lipinski definition) is 1. The molecular formula is C23H35ClN2O3. The van der Waals surface area contributed by atoms with Gasteiger partial charge in [0, 0.05) is 23.7 Å². The van der Waals surface area contributed by atoms with Crippen molar-refractivity contribution in [1.82, 2.24) is 9.80 Å². The van der Waals surface area contributed by atoms with Crippen LogP contribution in [0.4, 0.5) is 4.79 Å². The van der Waals surface area contributed by atoms with Gasteiger partial charge < -0.3 is 10.0 Å². The number of amides is 2. The van der Waals surface area contributed by atoms with Gasteiger partial charge in [-0.15, -0.1) is 0 Å². The van der Waals surface area contributed by atoms with Crippen LogP contribution in [0.15, 0.2) is 24.3 Å². The van der Waals surface area contributed by atoms with Crippen molar-refractivity contribution < 1.29 is 14.7 Å². The second kappa shape index (κ2) is 8.55. The number of rotatable bonds is 4. The van der Waals surface area contributed by atoms with Crippen molar-refractivity contribution in [3.8, 4) is 0 Å². The predicted octanol–water partition coefficient (Wildman–Crippen LogP) is 5.49. The first kappa shape index (κ1) is 23.5. The lowest BCUT2D eigenvalue weighted by molar-refractivity contribution is -0.143. The molecule has 2 amide bonds. The monoisotopic (exact) mass is 422 g/mol. The number of carboxylic acid groups (broad SMARTS) is 1. The SMILES string of the molecule is CC(C)[C@H](C(=O)N1CCC(c2ccc(Cl)cc2)C(C)(C)C1)N(C(=O)O)C(C)(C)C. The molecule has 1 aromatic rings. The normalized spacial score (nSPS) is 20.4. The van der Waals surface area contributed by atoms with Crippen molar-refractivity contribution in [1.29, 1.82) is 0 Å². The number of carbonyl (C=O) groups is 2. The number of nitrogens with zero attached hydrogens (tertiary/aromatic N) is 2. The third-order valence-corrected chi connectivity index (χ3v) is 6.16. The second-order valence-electron chi connectivity index (χ2n) is 10.2. The molecule has 2 rings (SSSR count). The highest BCUT2D eigenvalue weighted by atomic mass is 35.5. The summed E-state index contributed by atoms with van der Waals surface area (Å²) in [5.74, 6) is 0.106. The number of likely N-dealkylation sites (tertiary alicyclic amines) is 1. The van der Waals surface area contributed by atoms with Crippen LogP contribution >= 0.6 is 11.6 Å². The van der Waals surface area contributed by atoms with Crippen LogP contribution in [-0.2, 0) is 4.79 Å². The molecule has 1 fully saturated rings. The molecule has 6 heteroatoms. The van der Waals surface area contributed by atoms with Crippen molar-refractivity contribution >= 4 is 23.6 Å². The minimum Gasteiger partial charge on any atom is -0.465 e. The lowest BCUT2D eigenvalue weighted by Crippen LogP contribution is -2.61. The van der Waals surface area contributed by atoms with E-state index < -0.39 is 17.7 Å². The van der Waals surface area contributed by atoms with Crippen molar-refractivity contribution in [3.05, 3.63) is 34.9 Å². The molecule has 0 radical (unpaired) electrons. The molecular weight excluding hydrogens is 388 g/mol. The van der Waals surface area contributed by atoms with Gasteiger partial charge in [0.2, 0.25) is 5.91 Å². The Morgan fingerprint density at radius 3 is 2.17 bits per heavy atom. The molecule has 2 atom stereocenters. The van der Waals surface area contributed by atoms with Gasteiger partial charge in [-0.2, -0.15) is 0 Å². The quantitative estimate of drug-likeness (QED) is 0.698. The van der Waals surface area contributed by atoms with E-state index in [-0.39, 0.29) is 17.2 Å². The van der Waals surface area contributed by atoms with Crippen LogP contribution in [0.3, 0.4) is 0 Å². The zero-order chi connectivity index (χ0) is 22.1. The van der Waals surface area contributed by atoms with Gasteiger partial charge in [0.15, 0.2) is 0 Å². The van der Waals surface area contributed by atoms with Crippen LogP contribution in [0.25, 0.3) is 0 Å². The Hall–Kier alpha value is -1.75. The van der Waals surface area contributed by atoms with E-state index >= 15 is 0 Å². The fourth-order valence-corrected chi connectivity index (χ4v) is 4.69. The molecule has 1 aliphatic heterocycles. The van der Waals surface area contributed by atoms with Gasteiger partial charge in [0.1, 0.15) is 6.04 Å². The highest BCUT2D eigenvalue weighted by Crippen LogP contribution is 2.43. The highest BCUT2D eigenvalue weighted by Gasteiger charge is 2.44. The molecule has 1 heterocycles. The van der Waals surface area contributed by atoms with E-state index in [9.17, 15) is 14.7 Å². The van der Waals surface area contributed by atoms with E-state index in [4.69, 9.17) is 11.6 Å². The molecule has 0 spiro atoms. The minimum atomic E-state index is -1.06. The Morgan fingerprint density at radius 2 is 1.76 bits per heavy atom. The fraction of sp³-hybridized carbons (Fsp3) is 0.652. The number of hydrogen-bond acceptors (Lipinski definition) is 2. The average Bonchev–Trinajstić information content (AvgIpc) is 2.57. The van der Waals surface area contributed by atoms with Gasteiger partial charge in [-0.3, -0.25) is 9.69 Å². The molecule has 0 aromatic heterocycles. The summed E-state index contributed by atoms with van der Waals surface area (Å²) in [5.41, 5.74) is 0.445. The fourth-order valence-electron chi connectivity index (χ4n) is 4.56. The lowest BCUT2D eigenvalue weighted by Gasteiger charge is -2.48.